The van der Waals surface area contributed by atoms with E-state index in [0.717, 1.165) is 28.1 Å². The van der Waals surface area contributed by atoms with Gasteiger partial charge < -0.3 is 19.3 Å². The summed E-state index contributed by atoms with van der Waals surface area (Å²) in [6, 6.07) is 16.2. The molecule has 12 nitrogen and oxygen atoms in total. The second-order valence-electron chi connectivity index (χ2n) is 13.0. The predicted octanol–water partition coefficient (Wildman–Crippen LogP) is 2.97. The highest BCUT2D eigenvalue weighted by atomic mass is 32.2. The van der Waals surface area contributed by atoms with E-state index in [2.05, 4.69) is 43.4 Å². The number of hydrogen-bond donors (Lipinski definition) is 2. The van der Waals surface area contributed by atoms with Gasteiger partial charge in [-0.05, 0) is 37.8 Å². The second-order valence-corrected chi connectivity index (χ2v) is 17.5. The Hall–Kier alpha value is -3.40. The van der Waals surface area contributed by atoms with Crippen molar-refractivity contribution in [2.75, 3.05) is 37.7 Å². The Kier molecular flexibility index (Phi) is 8.84. The zero-order valence-electron chi connectivity index (χ0n) is 27.1. The standard InChI is InChI=1S/2C17H21N3O3S/c1-2-24(22,23)19-8-7-16(21)14(10-19)17-13-6-4-3-5-12(13)15-9-18-11-20(15)17;1-2-24(22,23)19-8-7-14(16(21)10-19)17-13-6-4-3-5-12(13)15-9-18-11-20(15)17/h2*3-6,9,11,14,16-17,21H,2,7-8,10H2,1H3. The number of β-amino-alcohol motifs (C(OH)–C–C–N with tert-alkyl or cyclic N) is 1. The van der Waals surface area contributed by atoms with Crippen LogP contribution in [0.25, 0.3) is 22.5 Å². The maximum Gasteiger partial charge on any atom is 0.213 e. The van der Waals surface area contributed by atoms with Crippen LogP contribution in [0.5, 0.6) is 0 Å². The van der Waals surface area contributed by atoms with E-state index < -0.39 is 32.3 Å². The van der Waals surface area contributed by atoms with Crippen LogP contribution in [0.15, 0.2) is 73.6 Å². The van der Waals surface area contributed by atoms with Crippen LogP contribution in [0.3, 0.4) is 0 Å². The molecule has 2 aromatic carbocycles. The first-order valence-corrected chi connectivity index (χ1v) is 19.8. The molecule has 4 aliphatic rings. The Morgan fingerprint density at radius 3 is 1.67 bits per heavy atom. The molecule has 6 atom stereocenters. The van der Waals surface area contributed by atoms with E-state index in [-0.39, 0.29) is 42.0 Å². The van der Waals surface area contributed by atoms with Gasteiger partial charge in [0.1, 0.15) is 0 Å². The van der Waals surface area contributed by atoms with Gasteiger partial charge in [-0.1, -0.05) is 48.5 Å². The molecule has 0 spiro atoms. The Bertz CT molecular complexity index is 2010. The average Bonchev–Trinajstić information content (AvgIpc) is 3.88. The molecule has 4 aromatic rings. The number of sulfonamides is 2. The summed E-state index contributed by atoms with van der Waals surface area (Å²) in [5.74, 6) is -0.0445. The van der Waals surface area contributed by atoms with Gasteiger partial charge in [0.25, 0.3) is 0 Å². The highest BCUT2D eigenvalue weighted by molar-refractivity contribution is 7.89. The molecule has 2 fully saturated rings. The number of aliphatic hydroxyl groups is 2. The van der Waals surface area contributed by atoms with Crippen LogP contribution in [0.4, 0.5) is 0 Å². The first kappa shape index (κ1) is 33.1. The molecule has 2 N–H and O–H groups in total. The first-order valence-electron chi connectivity index (χ1n) is 16.6. The van der Waals surface area contributed by atoms with Crippen LogP contribution in [0.1, 0.15) is 49.9 Å². The first-order chi connectivity index (χ1) is 23.1. The summed E-state index contributed by atoms with van der Waals surface area (Å²) < 4.78 is 55.9. The summed E-state index contributed by atoms with van der Waals surface area (Å²) in [4.78, 5) is 8.50. The van der Waals surface area contributed by atoms with Gasteiger partial charge in [-0.3, -0.25) is 0 Å². The number of fused-ring (bicyclic) bond motifs is 6. The Morgan fingerprint density at radius 2 is 1.15 bits per heavy atom. The summed E-state index contributed by atoms with van der Waals surface area (Å²) in [5, 5.41) is 21.3. The Balaban J connectivity index is 0.000000152. The topological polar surface area (TPSA) is 151 Å². The largest absolute Gasteiger partial charge is 0.393 e. The minimum absolute atomic E-state index is 0.0141. The van der Waals surface area contributed by atoms with Crippen molar-refractivity contribution in [1.82, 2.24) is 27.7 Å². The SMILES string of the molecule is CCS(=O)(=O)N1CCC(C2c3ccccc3-c3cncn32)C(O)C1.CCS(=O)(=O)N1CCC(O)C(C2c3ccccc3-c3cncn32)C1. The van der Waals surface area contributed by atoms with E-state index in [0.29, 0.717) is 32.5 Å². The number of aliphatic hydroxyl groups excluding tert-OH is 2. The maximum atomic E-state index is 12.3. The summed E-state index contributed by atoms with van der Waals surface area (Å²) in [5.41, 5.74) is 6.67. The van der Waals surface area contributed by atoms with Gasteiger partial charge >= 0.3 is 0 Å². The van der Waals surface area contributed by atoms with Gasteiger partial charge in [0.05, 0.1) is 72.2 Å². The van der Waals surface area contributed by atoms with Crippen molar-refractivity contribution in [1.29, 1.82) is 0 Å². The lowest BCUT2D eigenvalue weighted by atomic mass is 9.84. The minimum Gasteiger partial charge on any atom is -0.393 e. The molecule has 8 rings (SSSR count). The number of piperidine rings is 2. The third-order valence-electron chi connectivity index (χ3n) is 10.5. The Morgan fingerprint density at radius 1 is 0.667 bits per heavy atom. The number of benzene rings is 2. The minimum atomic E-state index is -3.26. The van der Waals surface area contributed by atoms with Gasteiger partial charge in [-0.25, -0.2) is 31.1 Å². The van der Waals surface area contributed by atoms with E-state index in [1.165, 1.54) is 14.2 Å². The van der Waals surface area contributed by atoms with Crippen LogP contribution in [-0.4, -0.2) is 105 Å². The van der Waals surface area contributed by atoms with E-state index in [4.69, 9.17) is 0 Å². The van der Waals surface area contributed by atoms with Crippen molar-refractivity contribution in [3.05, 3.63) is 84.7 Å². The van der Waals surface area contributed by atoms with E-state index in [1.807, 2.05) is 43.0 Å². The van der Waals surface area contributed by atoms with Crippen LogP contribution in [-0.2, 0) is 20.0 Å². The third kappa shape index (κ3) is 5.61. The van der Waals surface area contributed by atoms with Crippen molar-refractivity contribution in [2.24, 2.45) is 11.8 Å². The zero-order chi connectivity index (χ0) is 33.8. The third-order valence-corrected chi connectivity index (χ3v) is 14.2. The molecule has 2 saturated heterocycles. The van der Waals surface area contributed by atoms with Gasteiger partial charge in [-0.2, -0.15) is 4.31 Å². The maximum absolute atomic E-state index is 12.3. The molecule has 4 aliphatic heterocycles. The fourth-order valence-electron chi connectivity index (χ4n) is 8.03. The molecule has 0 amide bonds. The van der Waals surface area contributed by atoms with Gasteiger partial charge in [0, 0.05) is 49.1 Å². The Labute approximate surface area is 281 Å². The van der Waals surface area contributed by atoms with Crippen molar-refractivity contribution >= 4 is 20.0 Å². The fraction of sp³-hybridized carbons (Fsp3) is 0.471. The summed E-state index contributed by atoms with van der Waals surface area (Å²) >= 11 is 0. The highest BCUT2D eigenvalue weighted by Gasteiger charge is 2.44. The lowest BCUT2D eigenvalue weighted by molar-refractivity contribution is 0.0343. The number of hydrogen-bond acceptors (Lipinski definition) is 8. The monoisotopic (exact) mass is 694 g/mol. The van der Waals surface area contributed by atoms with Crippen molar-refractivity contribution in [2.45, 2.75) is 51.0 Å². The molecule has 0 saturated carbocycles. The molecule has 2 aromatic heterocycles. The molecule has 14 heteroatoms. The predicted molar refractivity (Wildman–Crippen MR) is 182 cm³/mol. The average molecular weight is 695 g/mol. The van der Waals surface area contributed by atoms with Gasteiger partial charge in [-0.15, -0.1) is 0 Å². The molecule has 48 heavy (non-hydrogen) atoms. The van der Waals surface area contributed by atoms with E-state index in [1.54, 1.807) is 20.2 Å². The zero-order valence-corrected chi connectivity index (χ0v) is 28.7. The highest BCUT2D eigenvalue weighted by Crippen LogP contribution is 2.47. The number of nitrogens with zero attached hydrogens (tertiary/aromatic N) is 6. The number of imidazole rings is 2. The fourth-order valence-corrected chi connectivity index (χ4v) is 10.3. The smallest absolute Gasteiger partial charge is 0.213 e. The molecular weight excluding hydrogens is 653 g/mol. The van der Waals surface area contributed by atoms with E-state index >= 15 is 0 Å². The van der Waals surface area contributed by atoms with Gasteiger partial charge in [0.2, 0.25) is 20.0 Å². The van der Waals surface area contributed by atoms with Crippen molar-refractivity contribution in [3.8, 4) is 22.5 Å². The van der Waals surface area contributed by atoms with Crippen LogP contribution in [0, 0.1) is 11.8 Å². The summed E-state index contributed by atoms with van der Waals surface area (Å²) in [6.45, 7) is 4.66. The molecular formula is C34H42N6O6S2. The summed E-state index contributed by atoms with van der Waals surface area (Å²) in [7, 11) is -6.51. The normalized spacial score (nSPS) is 27.0. The van der Waals surface area contributed by atoms with Crippen LogP contribution in [0.2, 0.25) is 0 Å². The van der Waals surface area contributed by atoms with Crippen molar-refractivity contribution in [3.63, 3.8) is 0 Å². The molecule has 6 heterocycles. The summed E-state index contributed by atoms with van der Waals surface area (Å²) in [6.07, 6.45) is 7.15. The molecule has 0 radical (unpaired) electrons. The lowest BCUT2D eigenvalue weighted by Gasteiger charge is -2.39. The van der Waals surface area contributed by atoms with Gasteiger partial charge in [0.15, 0.2) is 0 Å². The van der Waals surface area contributed by atoms with Crippen LogP contribution < -0.4 is 0 Å². The second kappa shape index (κ2) is 12.8. The quantitative estimate of drug-likeness (QED) is 0.313. The van der Waals surface area contributed by atoms with Crippen molar-refractivity contribution < 1.29 is 27.0 Å². The number of rotatable bonds is 6. The van der Waals surface area contributed by atoms with E-state index in [9.17, 15) is 27.0 Å². The molecule has 256 valence electrons. The number of aromatic nitrogens is 4. The molecule has 0 aliphatic carbocycles. The molecule has 6 unspecified atom stereocenters. The molecule has 0 bridgehead atoms. The van der Waals surface area contributed by atoms with Crippen LogP contribution >= 0.6 is 0 Å². The lowest BCUT2D eigenvalue weighted by Crippen LogP contribution is -2.49.